The van der Waals surface area contributed by atoms with E-state index in [4.69, 9.17) is 16.3 Å². The Morgan fingerprint density at radius 2 is 1.93 bits per heavy atom. The number of ether oxygens (including phenoxy) is 1. The van der Waals surface area contributed by atoms with E-state index in [-0.39, 0.29) is 5.91 Å². The predicted molar refractivity (Wildman–Crippen MR) is 117 cm³/mol. The highest BCUT2D eigenvalue weighted by atomic mass is 79.9. The van der Waals surface area contributed by atoms with E-state index in [1.54, 1.807) is 41.0 Å². The highest BCUT2D eigenvalue weighted by molar-refractivity contribution is 9.10. The van der Waals surface area contributed by atoms with Gasteiger partial charge in [0.15, 0.2) is 0 Å². The van der Waals surface area contributed by atoms with Gasteiger partial charge in [-0.05, 0) is 51.8 Å². The molecule has 3 rings (SSSR count). The summed E-state index contributed by atoms with van der Waals surface area (Å²) in [6.45, 7) is 0.830. The van der Waals surface area contributed by atoms with Crippen molar-refractivity contribution in [2.75, 3.05) is 7.05 Å². The number of carbonyl (C=O) groups is 1. The first-order chi connectivity index (χ1) is 13.3. The Labute approximate surface area is 185 Å². The molecular formula is C20H18Br2ClN3O2. The van der Waals surface area contributed by atoms with Gasteiger partial charge in [-0.25, -0.2) is 0 Å². The first kappa shape index (κ1) is 20.9. The monoisotopic (exact) mass is 525 g/mol. The Morgan fingerprint density at radius 1 is 1.21 bits per heavy atom. The van der Waals surface area contributed by atoms with Crippen LogP contribution in [0.2, 0.25) is 5.02 Å². The molecule has 0 radical (unpaired) electrons. The van der Waals surface area contributed by atoms with Gasteiger partial charge in [0, 0.05) is 24.1 Å². The van der Waals surface area contributed by atoms with Crippen LogP contribution in [0.25, 0.3) is 0 Å². The van der Waals surface area contributed by atoms with Crippen LogP contribution in [0, 0.1) is 0 Å². The molecule has 0 spiro atoms. The lowest BCUT2D eigenvalue weighted by molar-refractivity contribution is 0.0781. The van der Waals surface area contributed by atoms with Crippen molar-refractivity contribution in [1.29, 1.82) is 0 Å². The fraction of sp³-hybridized carbons (Fsp3) is 0.200. The summed E-state index contributed by atoms with van der Waals surface area (Å²) in [7, 11) is 3.62. The summed E-state index contributed by atoms with van der Waals surface area (Å²) in [6.07, 6.45) is 1.72. The fourth-order valence-electron chi connectivity index (χ4n) is 2.63. The van der Waals surface area contributed by atoms with Crippen LogP contribution in [-0.4, -0.2) is 27.6 Å². The number of benzene rings is 2. The predicted octanol–water partition coefficient (Wildman–Crippen LogP) is 5.45. The summed E-state index contributed by atoms with van der Waals surface area (Å²) in [6, 6.07) is 12.9. The zero-order valence-electron chi connectivity index (χ0n) is 15.3. The zero-order chi connectivity index (χ0) is 20.3. The van der Waals surface area contributed by atoms with Crippen molar-refractivity contribution in [3.05, 3.63) is 79.5 Å². The maximum atomic E-state index is 12.7. The lowest BCUT2D eigenvalue weighted by Gasteiger charge is -2.18. The summed E-state index contributed by atoms with van der Waals surface area (Å²) < 4.78 is 9.29. The number of carbonyl (C=O) groups excluding carboxylic acids is 1. The molecule has 0 bridgehead atoms. The van der Waals surface area contributed by atoms with Gasteiger partial charge >= 0.3 is 0 Å². The average molecular weight is 528 g/mol. The maximum absolute atomic E-state index is 12.7. The van der Waals surface area contributed by atoms with E-state index in [2.05, 4.69) is 37.0 Å². The minimum absolute atomic E-state index is 0.0588. The van der Waals surface area contributed by atoms with Gasteiger partial charge in [-0.1, -0.05) is 39.7 Å². The van der Waals surface area contributed by atoms with Crippen LogP contribution in [-0.2, 0) is 20.2 Å². The van der Waals surface area contributed by atoms with Gasteiger partial charge in [0.05, 0.1) is 27.9 Å². The molecule has 1 aromatic heterocycles. The molecule has 0 saturated heterocycles. The summed E-state index contributed by atoms with van der Waals surface area (Å²) in [5, 5.41) is 4.72. The van der Waals surface area contributed by atoms with Crippen molar-refractivity contribution in [3.63, 3.8) is 0 Å². The van der Waals surface area contributed by atoms with Gasteiger partial charge in [0.1, 0.15) is 12.4 Å². The van der Waals surface area contributed by atoms with Crippen LogP contribution in [0.1, 0.15) is 21.6 Å². The first-order valence-corrected chi connectivity index (χ1v) is 10.4. The molecule has 5 nitrogen and oxygen atoms in total. The van der Waals surface area contributed by atoms with Crippen LogP contribution < -0.4 is 4.74 Å². The van der Waals surface area contributed by atoms with Gasteiger partial charge in [-0.3, -0.25) is 9.48 Å². The van der Waals surface area contributed by atoms with Crippen LogP contribution in [0.4, 0.5) is 0 Å². The van der Waals surface area contributed by atoms with Gasteiger partial charge in [0.25, 0.3) is 5.91 Å². The molecular weight excluding hydrogens is 510 g/mol. The molecule has 1 amide bonds. The highest BCUT2D eigenvalue weighted by Gasteiger charge is 2.15. The third kappa shape index (κ3) is 4.96. The molecule has 146 valence electrons. The van der Waals surface area contributed by atoms with E-state index in [1.165, 1.54) is 0 Å². The van der Waals surface area contributed by atoms with Crippen LogP contribution in [0.5, 0.6) is 5.75 Å². The SMILES string of the molecule is CN(Cc1c(Br)cnn1C)C(=O)c1ccc(COc2ccc(Br)cc2Cl)cc1. The Balaban J connectivity index is 1.62. The molecule has 3 aromatic rings. The van der Waals surface area contributed by atoms with Gasteiger partial charge in [0.2, 0.25) is 0 Å². The smallest absolute Gasteiger partial charge is 0.253 e. The number of aromatic nitrogens is 2. The highest BCUT2D eigenvalue weighted by Crippen LogP contribution is 2.28. The molecule has 1 heterocycles. The Bertz CT molecular complexity index is 970. The topological polar surface area (TPSA) is 47.4 Å². The van der Waals surface area contributed by atoms with Crippen molar-refractivity contribution in [3.8, 4) is 5.75 Å². The minimum Gasteiger partial charge on any atom is -0.487 e. The van der Waals surface area contributed by atoms with Crippen LogP contribution >= 0.6 is 43.5 Å². The summed E-state index contributed by atoms with van der Waals surface area (Å²) in [5.41, 5.74) is 2.51. The summed E-state index contributed by atoms with van der Waals surface area (Å²) >= 11 is 13.0. The summed E-state index contributed by atoms with van der Waals surface area (Å²) in [4.78, 5) is 14.4. The van der Waals surface area contributed by atoms with Gasteiger partial charge < -0.3 is 9.64 Å². The molecule has 8 heteroatoms. The molecule has 0 aliphatic heterocycles. The molecule has 0 atom stereocenters. The first-order valence-electron chi connectivity index (χ1n) is 8.44. The second-order valence-corrected chi connectivity index (χ2v) is 8.46. The second-order valence-electron chi connectivity index (χ2n) is 6.28. The normalized spacial score (nSPS) is 10.8. The molecule has 0 aliphatic rings. The van der Waals surface area contributed by atoms with Crippen molar-refractivity contribution in [2.45, 2.75) is 13.2 Å². The summed E-state index contributed by atoms with van der Waals surface area (Å²) in [5.74, 6) is 0.558. The maximum Gasteiger partial charge on any atom is 0.253 e. The number of nitrogens with zero attached hydrogens (tertiary/aromatic N) is 3. The molecule has 0 saturated carbocycles. The number of rotatable bonds is 6. The minimum atomic E-state index is -0.0588. The third-order valence-electron chi connectivity index (χ3n) is 4.23. The molecule has 2 aromatic carbocycles. The molecule has 0 fully saturated rings. The molecule has 0 N–H and O–H groups in total. The molecule has 0 aliphatic carbocycles. The molecule has 28 heavy (non-hydrogen) atoms. The van der Waals surface area contributed by atoms with E-state index in [0.29, 0.717) is 29.5 Å². The van der Waals surface area contributed by atoms with E-state index < -0.39 is 0 Å². The number of amides is 1. The van der Waals surface area contributed by atoms with Gasteiger partial charge in [-0.2, -0.15) is 5.10 Å². The Morgan fingerprint density at radius 3 is 2.54 bits per heavy atom. The number of hydrogen-bond acceptors (Lipinski definition) is 3. The van der Waals surface area contributed by atoms with Crippen LogP contribution in [0.15, 0.2) is 57.6 Å². The van der Waals surface area contributed by atoms with E-state index in [0.717, 1.165) is 20.2 Å². The number of halogens is 3. The quantitative estimate of drug-likeness (QED) is 0.428. The average Bonchev–Trinajstić information content (AvgIpc) is 2.99. The van der Waals surface area contributed by atoms with Crippen molar-refractivity contribution < 1.29 is 9.53 Å². The largest absolute Gasteiger partial charge is 0.487 e. The Kier molecular flexibility index (Phi) is 6.80. The van der Waals surface area contributed by atoms with Crippen LogP contribution in [0.3, 0.4) is 0 Å². The van der Waals surface area contributed by atoms with Gasteiger partial charge in [-0.15, -0.1) is 0 Å². The standard InChI is InChI=1S/C20H18Br2ClN3O2/c1-25(11-18-16(22)10-24-26(18)2)20(27)14-5-3-13(4-6-14)12-28-19-8-7-15(21)9-17(19)23/h3-10H,11-12H2,1-2H3. The molecule has 0 unspecified atom stereocenters. The number of aryl methyl sites for hydroxylation is 1. The second kappa shape index (κ2) is 9.11. The van der Waals surface area contributed by atoms with E-state index in [9.17, 15) is 4.79 Å². The van der Waals surface area contributed by atoms with Crippen molar-refractivity contribution >= 4 is 49.4 Å². The zero-order valence-corrected chi connectivity index (χ0v) is 19.3. The lowest BCUT2D eigenvalue weighted by atomic mass is 10.1. The Hall–Kier alpha value is -1.83. The van der Waals surface area contributed by atoms with E-state index in [1.807, 2.05) is 31.3 Å². The fourth-order valence-corrected chi connectivity index (χ4v) is 3.83. The van der Waals surface area contributed by atoms with E-state index >= 15 is 0 Å². The lowest BCUT2D eigenvalue weighted by Crippen LogP contribution is -2.27. The van der Waals surface area contributed by atoms with Crippen molar-refractivity contribution in [1.82, 2.24) is 14.7 Å². The number of hydrogen-bond donors (Lipinski definition) is 0. The third-order valence-corrected chi connectivity index (χ3v) is 5.68. The van der Waals surface area contributed by atoms with Crippen molar-refractivity contribution in [2.24, 2.45) is 7.05 Å².